The van der Waals surface area contributed by atoms with Crippen LogP contribution in [0, 0.1) is 0 Å². The Morgan fingerprint density at radius 3 is 1.95 bits per heavy atom. The van der Waals surface area contributed by atoms with E-state index in [0.717, 1.165) is 6.26 Å². The van der Waals surface area contributed by atoms with E-state index in [1.165, 1.54) is 31.4 Å². The van der Waals surface area contributed by atoms with Gasteiger partial charge in [0.15, 0.2) is 6.10 Å². The molecule has 0 saturated carbocycles. The van der Waals surface area contributed by atoms with Crippen molar-refractivity contribution in [1.82, 2.24) is 4.90 Å². The van der Waals surface area contributed by atoms with Gasteiger partial charge in [0.2, 0.25) is 5.78 Å². The Balaban J connectivity index is 1.71. The third-order valence-corrected chi connectivity index (χ3v) is 7.95. The number of esters is 1. The Labute approximate surface area is 240 Å². The Kier molecular flexibility index (Phi) is 8.62. The Bertz CT molecular complexity index is 1550. The quantitative estimate of drug-likeness (QED) is 0.187. The van der Waals surface area contributed by atoms with E-state index in [9.17, 15) is 27.6 Å². The Hall–Kier alpha value is -3.73. The zero-order valence-corrected chi connectivity index (χ0v) is 23.6. The first kappa shape index (κ1) is 29.3. The smallest absolute Gasteiger partial charge is 0.330 e. The molecule has 3 aromatic carbocycles. The van der Waals surface area contributed by atoms with E-state index in [2.05, 4.69) is 0 Å². The number of benzene rings is 3. The summed E-state index contributed by atoms with van der Waals surface area (Å²) in [5.41, 5.74) is 0.357. The minimum atomic E-state index is -3.62. The van der Waals surface area contributed by atoms with Crippen LogP contribution < -0.4 is 4.74 Å². The number of carbonyl (C=O) groups is 4. The van der Waals surface area contributed by atoms with Gasteiger partial charge in [-0.1, -0.05) is 53.5 Å². The average molecular weight is 604 g/mol. The predicted octanol–water partition coefficient (Wildman–Crippen LogP) is 4.57. The van der Waals surface area contributed by atoms with Crippen LogP contribution in [0.1, 0.15) is 49.2 Å². The number of carbonyl (C=O) groups excluding carboxylic acids is 4. The first-order valence-electron chi connectivity index (χ1n) is 11.9. The van der Waals surface area contributed by atoms with Crippen LogP contribution in [-0.2, 0) is 19.4 Å². The molecular formula is C28H23Cl2NO8S. The van der Waals surface area contributed by atoms with E-state index in [0.29, 0.717) is 16.2 Å². The molecule has 40 heavy (non-hydrogen) atoms. The number of ketones is 1. The van der Waals surface area contributed by atoms with Crippen molar-refractivity contribution in [3.8, 4) is 5.75 Å². The van der Waals surface area contributed by atoms with Crippen LogP contribution in [0.5, 0.6) is 5.75 Å². The number of hydrogen-bond donors (Lipinski definition) is 0. The molecular weight excluding hydrogens is 581 g/mol. The van der Waals surface area contributed by atoms with E-state index in [-0.39, 0.29) is 26.7 Å². The lowest BCUT2D eigenvalue weighted by molar-refractivity contribution is -0.152. The summed E-state index contributed by atoms with van der Waals surface area (Å²) in [4.78, 5) is 54.4. The summed E-state index contributed by atoms with van der Waals surface area (Å²) in [6.07, 6.45) is -0.956. The van der Waals surface area contributed by atoms with Crippen molar-refractivity contribution in [2.24, 2.45) is 0 Å². The minimum absolute atomic E-state index is 0.0212. The SMILES string of the molecule is COc1ccc(C(=O)[C@H](OC(=O)[C@H](CCS(C)(=O)=O)N2C(=O)c3cc(Cl)c(Cl)cc3C2=O)c2ccccc2)cc1. The summed E-state index contributed by atoms with van der Waals surface area (Å²) < 4.78 is 34.8. The highest BCUT2D eigenvalue weighted by molar-refractivity contribution is 7.90. The Morgan fingerprint density at radius 1 is 0.900 bits per heavy atom. The molecule has 0 fully saturated rings. The van der Waals surface area contributed by atoms with Crippen LogP contribution in [-0.4, -0.2) is 62.0 Å². The van der Waals surface area contributed by atoms with Gasteiger partial charge in [-0.3, -0.25) is 19.3 Å². The predicted molar refractivity (Wildman–Crippen MR) is 148 cm³/mol. The lowest BCUT2D eigenvalue weighted by Crippen LogP contribution is -2.47. The van der Waals surface area contributed by atoms with Crippen molar-refractivity contribution >= 4 is 56.6 Å². The van der Waals surface area contributed by atoms with Crippen molar-refractivity contribution in [3.05, 3.63) is 99.0 Å². The molecule has 1 aliphatic rings. The van der Waals surface area contributed by atoms with Crippen molar-refractivity contribution in [3.63, 3.8) is 0 Å². The molecule has 0 saturated heterocycles. The maximum Gasteiger partial charge on any atom is 0.330 e. The number of Topliss-reactive ketones (excluding diaryl/α,β-unsaturated/α-hetero) is 1. The maximum atomic E-state index is 13.7. The van der Waals surface area contributed by atoms with Crippen LogP contribution in [0.4, 0.5) is 0 Å². The second kappa shape index (κ2) is 11.8. The number of rotatable bonds is 10. The lowest BCUT2D eigenvalue weighted by Gasteiger charge is -2.27. The number of halogens is 2. The van der Waals surface area contributed by atoms with Gasteiger partial charge in [-0.15, -0.1) is 0 Å². The molecule has 0 N–H and O–H groups in total. The van der Waals surface area contributed by atoms with Gasteiger partial charge in [0.1, 0.15) is 21.6 Å². The van der Waals surface area contributed by atoms with Gasteiger partial charge in [0.05, 0.1) is 34.0 Å². The molecule has 1 heterocycles. The van der Waals surface area contributed by atoms with Crippen LogP contribution in [0.3, 0.4) is 0 Å². The van der Waals surface area contributed by atoms with Gasteiger partial charge in [0.25, 0.3) is 11.8 Å². The molecule has 0 bridgehead atoms. The number of imide groups is 1. The molecule has 4 rings (SSSR count). The van der Waals surface area contributed by atoms with E-state index in [1.54, 1.807) is 42.5 Å². The molecule has 208 valence electrons. The summed E-state index contributed by atoms with van der Waals surface area (Å²) in [6.45, 7) is 0. The molecule has 12 heteroatoms. The topological polar surface area (TPSA) is 124 Å². The fourth-order valence-electron chi connectivity index (χ4n) is 4.22. The van der Waals surface area contributed by atoms with E-state index >= 15 is 0 Å². The molecule has 0 aliphatic carbocycles. The fraction of sp³-hybridized carbons (Fsp3) is 0.214. The zero-order valence-electron chi connectivity index (χ0n) is 21.3. The fourth-order valence-corrected chi connectivity index (χ4v) is 5.19. The van der Waals surface area contributed by atoms with Crippen molar-refractivity contribution < 1.29 is 37.1 Å². The van der Waals surface area contributed by atoms with Gasteiger partial charge in [-0.25, -0.2) is 13.2 Å². The summed E-state index contributed by atoms with van der Waals surface area (Å²) in [7, 11) is -2.15. The molecule has 3 aromatic rings. The second-order valence-electron chi connectivity index (χ2n) is 9.05. The van der Waals surface area contributed by atoms with Crippen molar-refractivity contribution in [2.75, 3.05) is 19.1 Å². The van der Waals surface area contributed by atoms with E-state index in [4.69, 9.17) is 32.7 Å². The summed E-state index contributed by atoms with van der Waals surface area (Å²) >= 11 is 12.1. The highest BCUT2D eigenvalue weighted by Crippen LogP contribution is 2.34. The highest BCUT2D eigenvalue weighted by atomic mass is 35.5. The van der Waals surface area contributed by atoms with Crippen LogP contribution in [0.25, 0.3) is 0 Å². The van der Waals surface area contributed by atoms with Gasteiger partial charge in [0, 0.05) is 17.4 Å². The molecule has 2 atom stereocenters. The lowest BCUT2D eigenvalue weighted by atomic mass is 9.99. The number of ether oxygens (including phenoxy) is 2. The summed E-state index contributed by atoms with van der Waals surface area (Å²) in [5.74, 6) is -3.48. The second-order valence-corrected chi connectivity index (χ2v) is 12.1. The number of amides is 2. The third kappa shape index (κ3) is 6.19. The van der Waals surface area contributed by atoms with Gasteiger partial charge >= 0.3 is 5.97 Å². The molecule has 9 nitrogen and oxygen atoms in total. The third-order valence-electron chi connectivity index (χ3n) is 6.25. The number of methoxy groups -OCH3 is 1. The van der Waals surface area contributed by atoms with E-state index < -0.39 is 57.7 Å². The maximum absolute atomic E-state index is 13.7. The van der Waals surface area contributed by atoms with Crippen LogP contribution in [0.15, 0.2) is 66.7 Å². The monoisotopic (exact) mass is 603 g/mol. The molecule has 0 radical (unpaired) electrons. The first-order chi connectivity index (χ1) is 18.9. The first-order valence-corrected chi connectivity index (χ1v) is 14.7. The molecule has 0 aromatic heterocycles. The van der Waals surface area contributed by atoms with Gasteiger partial charge < -0.3 is 9.47 Å². The molecule has 2 amide bonds. The number of hydrogen-bond acceptors (Lipinski definition) is 8. The largest absolute Gasteiger partial charge is 0.497 e. The normalized spacial score (nSPS) is 14.4. The molecule has 0 spiro atoms. The minimum Gasteiger partial charge on any atom is -0.497 e. The van der Waals surface area contributed by atoms with E-state index in [1.807, 2.05) is 0 Å². The van der Waals surface area contributed by atoms with Crippen molar-refractivity contribution in [2.45, 2.75) is 18.6 Å². The molecule has 0 unspecified atom stereocenters. The number of nitrogens with zero attached hydrogens (tertiary/aromatic N) is 1. The summed E-state index contributed by atoms with van der Waals surface area (Å²) in [5, 5.41) is 0.0424. The summed E-state index contributed by atoms with van der Waals surface area (Å²) in [6, 6.07) is 15.1. The molecule has 1 aliphatic heterocycles. The highest BCUT2D eigenvalue weighted by Gasteiger charge is 2.45. The van der Waals surface area contributed by atoms with Crippen molar-refractivity contribution in [1.29, 1.82) is 0 Å². The van der Waals surface area contributed by atoms with Gasteiger partial charge in [-0.2, -0.15) is 0 Å². The van der Waals surface area contributed by atoms with Crippen LogP contribution >= 0.6 is 23.2 Å². The van der Waals surface area contributed by atoms with Crippen LogP contribution in [0.2, 0.25) is 10.0 Å². The standard InChI is InChI=1S/C28H23Cl2NO8S/c1-38-18-10-8-16(9-11-18)24(32)25(17-6-4-3-5-7-17)39-28(35)23(12-13-40(2,36)37)31-26(33)19-14-21(29)22(30)15-20(19)27(31)34/h3-11,14-15,23,25H,12-13H2,1-2H3/t23-,25+/m0/s1. The van der Waals surface area contributed by atoms with Gasteiger partial charge in [-0.05, 0) is 42.8 Å². The number of sulfone groups is 1. The number of fused-ring (bicyclic) bond motifs is 1. The average Bonchev–Trinajstić information content (AvgIpc) is 3.16. The Morgan fingerprint density at radius 2 is 1.45 bits per heavy atom. The zero-order chi connectivity index (χ0) is 29.2.